The van der Waals surface area contributed by atoms with Crippen LogP contribution in [0.25, 0.3) is 22.2 Å². The van der Waals surface area contributed by atoms with E-state index >= 15 is 0 Å². The van der Waals surface area contributed by atoms with E-state index in [4.69, 9.17) is 4.98 Å². The molecule has 0 aliphatic heterocycles. The van der Waals surface area contributed by atoms with E-state index in [1.165, 1.54) is 5.56 Å². The summed E-state index contributed by atoms with van der Waals surface area (Å²) in [6, 6.07) is 25.8. The van der Waals surface area contributed by atoms with E-state index in [1.54, 1.807) is 18.2 Å². The first-order chi connectivity index (χ1) is 15.5. The van der Waals surface area contributed by atoms with Gasteiger partial charge in [0.05, 0.1) is 16.8 Å². The van der Waals surface area contributed by atoms with E-state index in [1.807, 2.05) is 54.6 Å². The Kier molecular flexibility index (Phi) is 6.12. The summed E-state index contributed by atoms with van der Waals surface area (Å²) < 4.78 is 0. The van der Waals surface area contributed by atoms with Crippen molar-refractivity contribution in [1.29, 1.82) is 0 Å². The van der Waals surface area contributed by atoms with Gasteiger partial charge in [-0.1, -0.05) is 74.5 Å². The summed E-state index contributed by atoms with van der Waals surface area (Å²) in [5.41, 5.74) is 9.50. The second kappa shape index (κ2) is 9.31. The summed E-state index contributed by atoms with van der Waals surface area (Å²) in [4.78, 5) is 29.8. The van der Waals surface area contributed by atoms with Crippen LogP contribution < -0.4 is 16.2 Å². The van der Waals surface area contributed by atoms with Gasteiger partial charge >= 0.3 is 6.03 Å². The molecule has 0 unspecified atom stereocenters. The van der Waals surface area contributed by atoms with Gasteiger partial charge in [0.15, 0.2) is 0 Å². The lowest BCUT2D eigenvalue weighted by Crippen LogP contribution is -2.44. The van der Waals surface area contributed by atoms with Crippen LogP contribution in [0.5, 0.6) is 0 Å². The van der Waals surface area contributed by atoms with E-state index < -0.39 is 11.9 Å². The zero-order valence-corrected chi connectivity index (χ0v) is 17.9. The number of carbonyl (C=O) groups excluding carboxylic acids is 2. The number of nitrogens with zero attached hydrogens (tertiary/aromatic N) is 1. The lowest BCUT2D eigenvalue weighted by atomic mass is 9.99. The maximum Gasteiger partial charge on any atom is 0.337 e. The number of aromatic nitrogens is 1. The number of hydrazine groups is 1. The van der Waals surface area contributed by atoms with Crippen molar-refractivity contribution in [2.75, 3.05) is 5.32 Å². The molecule has 0 aliphatic carbocycles. The predicted octanol–water partition coefficient (Wildman–Crippen LogP) is 5.49. The molecule has 3 aromatic carbocycles. The minimum Gasteiger partial charge on any atom is -0.307 e. The Morgan fingerprint density at radius 1 is 0.812 bits per heavy atom. The van der Waals surface area contributed by atoms with Gasteiger partial charge in [-0.3, -0.25) is 10.2 Å². The number of para-hydroxylation sites is 2. The Bertz CT molecular complexity index is 1250. The van der Waals surface area contributed by atoms with Crippen molar-refractivity contribution in [1.82, 2.24) is 15.8 Å². The highest BCUT2D eigenvalue weighted by Crippen LogP contribution is 2.26. The number of anilines is 1. The van der Waals surface area contributed by atoms with Crippen molar-refractivity contribution >= 4 is 28.5 Å². The third-order valence-electron chi connectivity index (χ3n) is 5.16. The summed E-state index contributed by atoms with van der Waals surface area (Å²) in [5.74, 6) is 0.00919. The standard InChI is InChI=1S/C26H24N4O2/c1-17(2)18-12-14-19(15-13-18)24-16-22(21-10-6-7-11-23(21)28-24)25(31)29-30-26(32)27-20-8-4-3-5-9-20/h3-17H,1-2H3,(H,29,31)(H2,27,30,32). The number of nitrogens with one attached hydrogen (secondary N) is 3. The molecule has 0 radical (unpaired) electrons. The van der Waals surface area contributed by atoms with Crippen LogP contribution in [-0.2, 0) is 0 Å². The van der Waals surface area contributed by atoms with E-state index in [-0.39, 0.29) is 0 Å². The molecule has 0 saturated heterocycles. The predicted molar refractivity (Wildman–Crippen MR) is 127 cm³/mol. The lowest BCUT2D eigenvalue weighted by Gasteiger charge is -2.12. The molecule has 0 bridgehead atoms. The van der Waals surface area contributed by atoms with E-state index in [2.05, 4.69) is 42.1 Å². The highest BCUT2D eigenvalue weighted by molar-refractivity contribution is 6.07. The molecular formula is C26H24N4O2. The van der Waals surface area contributed by atoms with E-state index in [0.29, 0.717) is 33.8 Å². The largest absolute Gasteiger partial charge is 0.337 e. The fourth-order valence-corrected chi connectivity index (χ4v) is 3.41. The van der Waals surface area contributed by atoms with E-state index in [0.717, 1.165) is 5.56 Å². The van der Waals surface area contributed by atoms with Crippen LogP contribution in [0.2, 0.25) is 0 Å². The molecule has 32 heavy (non-hydrogen) atoms. The first kappa shape index (κ1) is 21.1. The lowest BCUT2D eigenvalue weighted by molar-refractivity contribution is 0.0939. The Balaban J connectivity index is 1.58. The number of fused-ring (bicyclic) bond motifs is 1. The Hall–Kier alpha value is -4.19. The van der Waals surface area contributed by atoms with E-state index in [9.17, 15) is 9.59 Å². The van der Waals surface area contributed by atoms with Crippen molar-refractivity contribution in [3.05, 3.63) is 96.1 Å². The fourth-order valence-electron chi connectivity index (χ4n) is 3.41. The van der Waals surface area contributed by atoms with Gasteiger partial charge in [-0.2, -0.15) is 0 Å². The summed E-state index contributed by atoms with van der Waals surface area (Å²) >= 11 is 0. The number of hydrogen-bond acceptors (Lipinski definition) is 3. The van der Waals surface area contributed by atoms with Crippen molar-refractivity contribution < 1.29 is 9.59 Å². The fraction of sp³-hybridized carbons (Fsp3) is 0.115. The molecule has 1 aromatic heterocycles. The molecule has 0 aliphatic rings. The normalized spacial score (nSPS) is 10.7. The average Bonchev–Trinajstić information content (AvgIpc) is 2.82. The zero-order chi connectivity index (χ0) is 22.5. The van der Waals surface area contributed by atoms with Gasteiger partial charge < -0.3 is 5.32 Å². The van der Waals surface area contributed by atoms with Gasteiger partial charge in [0, 0.05) is 16.6 Å². The molecule has 3 amide bonds. The number of amides is 3. The van der Waals surface area contributed by atoms with Crippen LogP contribution in [0.1, 0.15) is 35.7 Å². The second-order valence-electron chi connectivity index (χ2n) is 7.75. The number of pyridine rings is 1. The van der Waals surface area contributed by atoms with Crippen LogP contribution in [0.3, 0.4) is 0 Å². The van der Waals surface area contributed by atoms with Crippen LogP contribution >= 0.6 is 0 Å². The average molecular weight is 425 g/mol. The Labute approximate surface area is 186 Å². The maximum absolute atomic E-state index is 13.0. The monoisotopic (exact) mass is 424 g/mol. The van der Waals surface area contributed by atoms with Crippen LogP contribution in [-0.4, -0.2) is 16.9 Å². The minimum atomic E-state index is -0.535. The van der Waals surface area contributed by atoms with Crippen molar-refractivity contribution in [2.24, 2.45) is 0 Å². The molecule has 3 N–H and O–H groups in total. The third-order valence-corrected chi connectivity index (χ3v) is 5.16. The molecule has 1 heterocycles. The molecule has 0 atom stereocenters. The van der Waals surface area contributed by atoms with Crippen molar-refractivity contribution in [3.63, 3.8) is 0 Å². The first-order valence-electron chi connectivity index (χ1n) is 10.4. The molecule has 6 nitrogen and oxygen atoms in total. The molecule has 0 spiro atoms. The molecular weight excluding hydrogens is 400 g/mol. The van der Waals surface area contributed by atoms with Gasteiger partial charge in [0.1, 0.15) is 0 Å². The highest BCUT2D eigenvalue weighted by atomic mass is 16.2. The summed E-state index contributed by atoms with van der Waals surface area (Å²) in [6.07, 6.45) is 0. The smallest absolute Gasteiger partial charge is 0.307 e. The summed E-state index contributed by atoms with van der Waals surface area (Å²) in [7, 11) is 0. The zero-order valence-electron chi connectivity index (χ0n) is 17.9. The molecule has 4 aromatic rings. The first-order valence-corrected chi connectivity index (χ1v) is 10.4. The summed E-state index contributed by atoms with van der Waals surface area (Å²) in [5, 5.41) is 3.37. The van der Waals surface area contributed by atoms with Gasteiger partial charge in [-0.05, 0) is 35.7 Å². The van der Waals surface area contributed by atoms with Crippen molar-refractivity contribution in [3.8, 4) is 11.3 Å². The second-order valence-corrected chi connectivity index (χ2v) is 7.75. The number of carbonyl (C=O) groups is 2. The van der Waals surface area contributed by atoms with Gasteiger partial charge in [-0.15, -0.1) is 0 Å². The molecule has 0 saturated carbocycles. The van der Waals surface area contributed by atoms with Crippen molar-refractivity contribution in [2.45, 2.75) is 19.8 Å². The van der Waals surface area contributed by atoms with Gasteiger partial charge in [0.25, 0.3) is 5.91 Å². The number of urea groups is 1. The highest BCUT2D eigenvalue weighted by Gasteiger charge is 2.15. The van der Waals surface area contributed by atoms with Crippen LogP contribution in [0, 0.1) is 0 Å². The van der Waals surface area contributed by atoms with Crippen LogP contribution in [0.15, 0.2) is 84.9 Å². The Morgan fingerprint density at radius 2 is 1.50 bits per heavy atom. The molecule has 0 fully saturated rings. The maximum atomic E-state index is 13.0. The molecule has 160 valence electrons. The Morgan fingerprint density at radius 3 is 2.22 bits per heavy atom. The van der Waals surface area contributed by atoms with Crippen LogP contribution in [0.4, 0.5) is 10.5 Å². The van der Waals surface area contributed by atoms with Gasteiger partial charge in [0.2, 0.25) is 0 Å². The summed E-state index contributed by atoms with van der Waals surface area (Å²) in [6.45, 7) is 4.29. The molecule has 6 heteroatoms. The number of benzene rings is 3. The molecule has 4 rings (SSSR count). The number of rotatable bonds is 4. The quantitative estimate of drug-likeness (QED) is 0.379. The number of hydrogen-bond donors (Lipinski definition) is 3. The third kappa shape index (κ3) is 4.75. The van der Waals surface area contributed by atoms with Gasteiger partial charge in [-0.25, -0.2) is 15.2 Å². The SMILES string of the molecule is CC(C)c1ccc(-c2cc(C(=O)NNC(=O)Nc3ccccc3)c3ccccc3n2)cc1. The minimum absolute atomic E-state index is 0.424. The topological polar surface area (TPSA) is 83.1 Å².